The molecule has 0 spiro atoms. The van der Waals surface area contributed by atoms with E-state index in [1.165, 1.54) is 37.7 Å². The molecular formula is C18H24O2. The van der Waals surface area contributed by atoms with E-state index in [1.807, 2.05) is 19.1 Å². The predicted molar refractivity (Wildman–Crippen MR) is 83.1 cm³/mol. The molecule has 2 nitrogen and oxygen atoms in total. The maximum Gasteiger partial charge on any atom is 0.143 e. The number of benzene rings is 1. The lowest BCUT2D eigenvalue weighted by Gasteiger charge is -2.35. The van der Waals surface area contributed by atoms with Gasteiger partial charge in [0.05, 0.1) is 7.11 Å². The van der Waals surface area contributed by atoms with Gasteiger partial charge in [-0.05, 0) is 54.5 Å². The zero-order valence-corrected chi connectivity index (χ0v) is 12.7. The first-order valence-electron chi connectivity index (χ1n) is 7.42. The molecule has 1 aliphatic carbocycles. The molecule has 0 N–H and O–H groups in total. The van der Waals surface area contributed by atoms with Crippen molar-refractivity contribution in [3.63, 3.8) is 0 Å². The average molecular weight is 272 g/mol. The maximum absolute atomic E-state index is 10.7. The summed E-state index contributed by atoms with van der Waals surface area (Å²) >= 11 is 0. The van der Waals surface area contributed by atoms with Crippen LogP contribution in [0, 0.1) is 0 Å². The quantitative estimate of drug-likeness (QED) is 0.595. The number of carbonyl (C=O) groups excluding carboxylic acids is 1. The number of methoxy groups -OCH3 is 1. The normalized spacial score (nSPS) is 18.6. The van der Waals surface area contributed by atoms with E-state index in [0.717, 1.165) is 23.2 Å². The second kappa shape index (κ2) is 6.25. The molecule has 2 rings (SSSR count). The molecule has 1 aromatic carbocycles. The van der Waals surface area contributed by atoms with Crippen LogP contribution in [0.5, 0.6) is 5.75 Å². The standard InChI is InChI=1S/C18H24O2/c1-14(9-12-19)15-7-8-17(20-3)16(13-15)18(2)10-5-4-6-11-18/h7-9,12-13H,4-6,10-11H2,1-3H3/b14-9-. The summed E-state index contributed by atoms with van der Waals surface area (Å²) in [6.07, 6.45) is 8.80. The zero-order chi connectivity index (χ0) is 14.6. The van der Waals surface area contributed by atoms with E-state index in [9.17, 15) is 4.79 Å². The minimum atomic E-state index is 0.195. The van der Waals surface area contributed by atoms with Crippen molar-refractivity contribution in [2.24, 2.45) is 0 Å². The van der Waals surface area contributed by atoms with E-state index >= 15 is 0 Å². The van der Waals surface area contributed by atoms with Gasteiger partial charge in [0.15, 0.2) is 0 Å². The number of allylic oxidation sites excluding steroid dienone is 2. The van der Waals surface area contributed by atoms with Gasteiger partial charge in [-0.1, -0.05) is 32.3 Å². The highest BCUT2D eigenvalue weighted by molar-refractivity contribution is 5.81. The van der Waals surface area contributed by atoms with Crippen LogP contribution in [-0.4, -0.2) is 13.4 Å². The third kappa shape index (κ3) is 2.95. The van der Waals surface area contributed by atoms with Crippen molar-refractivity contribution >= 4 is 11.9 Å². The monoisotopic (exact) mass is 272 g/mol. The van der Waals surface area contributed by atoms with Crippen LogP contribution in [-0.2, 0) is 10.2 Å². The van der Waals surface area contributed by atoms with Crippen molar-refractivity contribution in [2.75, 3.05) is 7.11 Å². The van der Waals surface area contributed by atoms with Crippen LogP contribution in [0.25, 0.3) is 5.57 Å². The Kier molecular flexibility index (Phi) is 4.64. The van der Waals surface area contributed by atoms with Crippen molar-refractivity contribution in [3.8, 4) is 5.75 Å². The number of hydrogen-bond donors (Lipinski definition) is 0. The Labute approximate surface area is 121 Å². The van der Waals surface area contributed by atoms with E-state index in [1.54, 1.807) is 13.2 Å². The van der Waals surface area contributed by atoms with Gasteiger partial charge in [-0.2, -0.15) is 0 Å². The third-order valence-corrected chi connectivity index (χ3v) is 4.58. The van der Waals surface area contributed by atoms with E-state index < -0.39 is 0 Å². The van der Waals surface area contributed by atoms with Gasteiger partial charge in [0.25, 0.3) is 0 Å². The third-order valence-electron chi connectivity index (χ3n) is 4.58. The number of aldehydes is 1. The lowest BCUT2D eigenvalue weighted by atomic mass is 9.70. The Hall–Kier alpha value is -1.57. The summed E-state index contributed by atoms with van der Waals surface area (Å²) in [7, 11) is 1.73. The highest BCUT2D eigenvalue weighted by Gasteiger charge is 2.31. The van der Waals surface area contributed by atoms with Gasteiger partial charge in [-0.15, -0.1) is 0 Å². The first kappa shape index (κ1) is 14.8. The first-order valence-corrected chi connectivity index (χ1v) is 7.42. The molecule has 0 radical (unpaired) electrons. The summed E-state index contributed by atoms with van der Waals surface area (Å²) in [6, 6.07) is 6.27. The average Bonchev–Trinajstić information content (AvgIpc) is 2.47. The van der Waals surface area contributed by atoms with E-state index in [2.05, 4.69) is 13.0 Å². The SMILES string of the molecule is COc1ccc(/C(C)=C\C=O)cc1C1(C)CCCCC1. The van der Waals surface area contributed by atoms with Gasteiger partial charge < -0.3 is 4.74 Å². The number of ether oxygens (including phenoxy) is 1. The van der Waals surface area contributed by atoms with Crippen LogP contribution in [0.15, 0.2) is 24.3 Å². The van der Waals surface area contributed by atoms with Crippen LogP contribution in [0.3, 0.4) is 0 Å². The molecule has 0 aliphatic heterocycles. The van der Waals surface area contributed by atoms with Gasteiger partial charge in [0.2, 0.25) is 0 Å². The Bertz CT molecular complexity index is 508. The maximum atomic E-state index is 10.7. The zero-order valence-electron chi connectivity index (χ0n) is 12.7. The molecule has 1 aliphatic rings. The van der Waals surface area contributed by atoms with Gasteiger partial charge >= 0.3 is 0 Å². The second-order valence-electron chi connectivity index (χ2n) is 6.02. The van der Waals surface area contributed by atoms with Crippen LogP contribution in [0.1, 0.15) is 57.1 Å². The van der Waals surface area contributed by atoms with Crippen LogP contribution in [0.4, 0.5) is 0 Å². The van der Waals surface area contributed by atoms with Crippen LogP contribution in [0.2, 0.25) is 0 Å². The highest BCUT2D eigenvalue weighted by atomic mass is 16.5. The van der Waals surface area contributed by atoms with Crippen LogP contribution < -0.4 is 4.74 Å². The molecule has 0 aromatic heterocycles. The lowest BCUT2D eigenvalue weighted by molar-refractivity contribution is -0.104. The fourth-order valence-corrected chi connectivity index (χ4v) is 3.22. The summed E-state index contributed by atoms with van der Waals surface area (Å²) in [5, 5.41) is 0. The lowest BCUT2D eigenvalue weighted by Crippen LogP contribution is -2.25. The molecule has 0 heterocycles. The molecule has 0 unspecified atom stereocenters. The van der Waals surface area contributed by atoms with Crippen LogP contribution >= 0.6 is 0 Å². The number of rotatable bonds is 4. The molecule has 0 atom stereocenters. The topological polar surface area (TPSA) is 26.3 Å². The summed E-state index contributed by atoms with van der Waals surface area (Å²) in [6.45, 7) is 4.32. The van der Waals surface area contributed by atoms with Crippen molar-refractivity contribution < 1.29 is 9.53 Å². The Morgan fingerprint density at radius 2 is 1.95 bits per heavy atom. The summed E-state index contributed by atoms with van der Waals surface area (Å²) in [5.74, 6) is 0.969. The van der Waals surface area contributed by atoms with Gasteiger partial charge in [0.1, 0.15) is 12.0 Å². The van der Waals surface area contributed by atoms with E-state index in [-0.39, 0.29) is 5.41 Å². The summed E-state index contributed by atoms with van der Waals surface area (Å²) in [4.78, 5) is 10.7. The first-order chi connectivity index (χ1) is 9.60. The minimum Gasteiger partial charge on any atom is -0.496 e. The molecule has 1 saturated carbocycles. The molecule has 20 heavy (non-hydrogen) atoms. The Morgan fingerprint density at radius 3 is 2.55 bits per heavy atom. The Balaban J connectivity index is 2.46. The molecule has 1 aromatic rings. The smallest absolute Gasteiger partial charge is 0.143 e. The van der Waals surface area contributed by atoms with E-state index in [4.69, 9.17) is 4.74 Å². The Morgan fingerprint density at radius 1 is 1.25 bits per heavy atom. The van der Waals surface area contributed by atoms with Gasteiger partial charge in [-0.3, -0.25) is 4.79 Å². The number of hydrogen-bond acceptors (Lipinski definition) is 2. The molecule has 0 bridgehead atoms. The van der Waals surface area contributed by atoms with Crippen molar-refractivity contribution in [3.05, 3.63) is 35.4 Å². The highest BCUT2D eigenvalue weighted by Crippen LogP contribution is 2.43. The van der Waals surface area contributed by atoms with Gasteiger partial charge in [-0.25, -0.2) is 0 Å². The minimum absolute atomic E-state index is 0.195. The summed E-state index contributed by atoms with van der Waals surface area (Å²) < 4.78 is 5.57. The molecule has 1 fully saturated rings. The molecule has 0 saturated heterocycles. The summed E-state index contributed by atoms with van der Waals surface area (Å²) in [5.41, 5.74) is 3.60. The largest absolute Gasteiger partial charge is 0.496 e. The molecule has 108 valence electrons. The molecule has 2 heteroatoms. The predicted octanol–water partition coefficient (Wildman–Crippen LogP) is 4.52. The molecular weight excluding hydrogens is 248 g/mol. The van der Waals surface area contributed by atoms with Crippen molar-refractivity contribution in [1.82, 2.24) is 0 Å². The van der Waals surface area contributed by atoms with Gasteiger partial charge in [0, 0.05) is 5.56 Å². The van der Waals surface area contributed by atoms with Crippen molar-refractivity contribution in [2.45, 2.75) is 51.4 Å². The number of carbonyl (C=O) groups is 1. The second-order valence-corrected chi connectivity index (χ2v) is 6.02. The van der Waals surface area contributed by atoms with E-state index in [0.29, 0.717) is 0 Å². The molecule has 0 amide bonds. The van der Waals surface area contributed by atoms with Crippen molar-refractivity contribution in [1.29, 1.82) is 0 Å². The fraction of sp³-hybridized carbons (Fsp3) is 0.500. The fourth-order valence-electron chi connectivity index (χ4n) is 3.22.